The Hall–Kier alpha value is -2.43. The number of nitrogens with one attached hydrogen (secondary N) is 2. The lowest BCUT2D eigenvalue weighted by Gasteiger charge is -2.13. The van der Waals surface area contributed by atoms with Gasteiger partial charge in [-0.15, -0.1) is 10.2 Å². The van der Waals surface area contributed by atoms with E-state index in [2.05, 4.69) is 36.9 Å². The molecular formula is C20H20BrN5O2S2. The zero-order chi connectivity index (χ0) is 21.5. The van der Waals surface area contributed by atoms with E-state index in [0.29, 0.717) is 33.4 Å². The lowest BCUT2D eigenvalue weighted by atomic mass is 10.2. The maximum absolute atomic E-state index is 12.5. The Labute approximate surface area is 192 Å². The van der Waals surface area contributed by atoms with Crippen molar-refractivity contribution in [3.63, 3.8) is 0 Å². The fourth-order valence-electron chi connectivity index (χ4n) is 2.51. The first kappa shape index (κ1) is 22.3. The molecule has 0 radical (unpaired) electrons. The molecule has 0 atom stereocenters. The summed E-state index contributed by atoms with van der Waals surface area (Å²) in [6, 6.07) is 15.2. The summed E-state index contributed by atoms with van der Waals surface area (Å²) < 4.78 is 7.82. The average Bonchev–Trinajstić information content (AvgIpc) is 3.08. The number of thiocarbonyl (C=S) groups is 1. The van der Waals surface area contributed by atoms with Gasteiger partial charge in [-0.1, -0.05) is 42.1 Å². The minimum atomic E-state index is -0.333. The van der Waals surface area contributed by atoms with Gasteiger partial charge in [0.15, 0.2) is 5.11 Å². The number of carbonyl (C=O) groups excluding carboxylic acids is 1. The number of benzene rings is 2. The maximum Gasteiger partial charge on any atom is 0.257 e. The Kier molecular flexibility index (Phi) is 7.83. The van der Waals surface area contributed by atoms with E-state index in [-0.39, 0.29) is 11.0 Å². The number of thioether (sulfide) groups is 1. The van der Waals surface area contributed by atoms with E-state index in [0.717, 1.165) is 5.75 Å². The van der Waals surface area contributed by atoms with Crippen LogP contribution in [-0.4, -0.2) is 32.5 Å². The monoisotopic (exact) mass is 505 g/mol. The molecule has 0 bridgehead atoms. The van der Waals surface area contributed by atoms with Crippen molar-refractivity contribution in [2.45, 2.75) is 24.8 Å². The number of ether oxygens (including phenoxy) is 1. The van der Waals surface area contributed by atoms with Gasteiger partial charge in [-0.25, -0.2) is 4.68 Å². The standard InChI is InChI=1S/C20H20BrN5O2S2/c1-3-28-17-10-9-15(11-16(17)21)18(27)22-19(29)25-26-13(2)23-24-20(26)30-12-14-7-5-4-6-8-14/h4-11H,3,12H2,1-2H3,(H2,22,25,27,29). The van der Waals surface area contributed by atoms with Gasteiger partial charge in [0.1, 0.15) is 11.6 Å². The molecule has 3 aromatic rings. The van der Waals surface area contributed by atoms with Gasteiger partial charge >= 0.3 is 0 Å². The molecule has 3 rings (SSSR count). The lowest BCUT2D eigenvalue weighted by Crippen LogP contribution is -2.38. The summed E-state index contributed by atoms with van der Waals surface area (Å²) >= 11 is 10.2. The predicted molar refractivity (Wildman–Crippen MR) is 125 cm³/mol. The SMILES string of the molecule is CCOc1ccc(C(=O)NC(=S)Nn2c(C)nnc2SCc2ccccc2)cc1Br. The van der Waals surface area contributed by atoms with Crippen LogP contribution in [0.3, 0.4) is 0 Å². The Balaban J connectivity index is 1.62. The van der Waals surface area contributed by atoms with E-state index in [9.17, 15) is 4.79 Å². The number of rotatable bonds is 7. The van der Waals surface area contributed by atoms with Crippen molar-refractivity contribution < 1.29 is 9.53 Å². The molecule has 2 aromatic carbocycles. The first-order valence-corrected chi connectivity index (χ1v) is 11.3. The van der Waals surface area contributed by atoms with Crippen LogP contribution in [0.4, 0.5) is 0 Å². The number of halogens is 1. The summed E-state index contributed by atoms with van der Waals surface area (Å²) in [6.07, 6.45) is 0. The molecule has 1 heterocycles. The van der Waals surface area contributed by atoms with Crippen molar-refractivity contribution in [2.24, 2.45) is 0 Å². The molecule has 1 amide bonds. The van der Waals surface area contributed by atoms with Crippen molar-refractivity contribution in [1.29, 1.82) is 0 Å². The van der Waals surface area contributed by atoms with Crippen molar-refractivity contribution in [3.05, 3.63) is 70.0 Å². The molecule has 156 valence electrons. The van der Waals surface area contributed by atoms with E-state index in [1.807, 2.05) is 37.3 Å². The third-order valence-electron chi connectivity index (χ3n) is 3.94. The molecule has 0 unspecified atom stereocenters. The van der Waals surface area contributed by atoms with Crippen LogP contribution < -0.4 is 15.5 Å². The molecule has 10 heteroatoms. The minimum Gasteiger partial charge on any atom is -0.493 e. The number of hydrogen-bond acceptors (Lipinski definition) is 6. The van der Waals surface area contributed by atoms with Gasteiger partial charge in [-0.05, 0) is 65.8 Å². The molecule has 0 saturated carbocycles. The van der Waals surface area contributed by atoms with Gasteiger partial charge < -0.3 is 4.74 Å². The van der Waals surface area contributed by atoms with Crippen LogP contribution in [0.5, 0.6) is 5.75 Å². The second-order valence-corrected chi connectivity index (χ2v) is 8.32. The van der Waals surface area contributed by atoms with E-state index in [1.165, 1.54) is 17.3 Å². The highest BCUT2D eigenvalue weighted by atomic mass is 79.9. The summed E-state index contributed by atoms with van der Waals surface area (Å²) in [5.74, 6) is 1.71. The van der Waals surface area contributed by atoms with E-state index in [1.54, 1.807) is 29.8 Å². The summed E-state index contributed by atoms with van der Waals surface area (Å²) in [7, 11) is 0. The summed E-state index contributed by atoms with van der Waals surface area (Å²) in [5.41, 5.74) is 4.60. The van der Waals surface area contributed by atoms with Gasteiger partial charge in [-0.2, -0.15) is 0 Å². The second-order valence-electron chi connectivity index (χ2n) is 6.11. The Morgan fingerprint density at radius 1 is 1.23 bits per heavy atom. The van der Waals surface area contributed by atoms with Crippen LogP contribution in [0.15, 0.2) is 58.2 Å². The molecule has 0 fully saturated rings. The molecule has 7 nitrogen and oxygen atoms in total. The largest absolute Gasteiger partial charge is 0.493 e. The predicted octanol–water partition coefficient (Wildman–Crippen LogP) is 4.30. The molecule has 0 saturated heterocycles. The molecule has 1 aromatic heterocycles. The number of aryl methyl sites for hydroxylation is 1. The van der Waals surface area contributed by atoms with Crippen LogP contribution in [0, 0.1) is 6.92 Å². The van der Waals surface area contributed by atoms with Gasteiger partial charge in [0, 0.05) is 11.3 Å². The third-order valence-corrected chi connectivity index (χ3v) is 5.75. The van der Waals surface area contributed by atoms with Crippen molar-refractivity contribution in [3.8, 4) is 5.75 Å². The highest BCUT2D eigenvalue weighted by Crippen LogP contribution is 2.26. The lowest BCUT2D eigenvalue weighted by molar-refractivity contribution is 0.0977. The summed E-state index contributed by atoms with van der Waals surface area (Å²) in [4.78, 5) is 12.5. The highest BCUT2D eigenvalue weighted by molar-refractivity contribution is 9.10. The van der Waals surface area contributed by atoms with Crippen molar-refractivity contribution in [1.82, 2.24) is 20.2 Å². The molecule has 2 N–H and O–H groups in total. The van der Waals surface area contributed by atoms with Crippen LogP contribution >= 0.6 is 39.9 Å². The highest BCUT2D eigenvalue weighted by Gasteiger charge is 2.14. The van der Waals surface area contributed by atoms with Crippen molar-refractivity contribution >= 4 is 50.9 Å². The van der Waals surface area contributed by atoms with Gasteiger partial charge in [0.25, 0.3) is 5.91 Å². The van der Waals surface area contributed by atoms with Crippen molar-refractivity contribution in [2.75, 3.05) is 12.0 Å². The number of hydrogen-bond donors (Lipinski definition) is 2. The first-order valence-electron chi connectivity index (χ1n) is 9.11. The molecule has 0 spiro atoms. The Morgan fingerprint density at radius 3 is 2.70 bits per heavy atom. The first-order chi connectivity index (χ1) is 14.5. The minimum absolute atomic E-state index is 0.148. The van der Waals surface area contributed by atoms with E-state index < -0.39 is 0 Å². The maximum atomic E-state index is 12.5. The normalized spacial score (nSPS) is 10.5. The molecule has 0 aliphatic heterocycles. The number of amides is 1. The number of carbonyl (C=O) groups is 1. The van der Waals surface area contributed by atoms with Crippen LogP contribution in [0.2, 0.25) is 0 Å². The van der Waals surface area contributed by atoms with Gasteiger partial charge in [0.2, 0.25) is 5.16 Å². The van der Waals surface area contributed by atoms with E-state index in [4.69, 9.17) is 17.0 Å². The fourth-order valence-corrected chi connectivity index (χ4v) is 4.08. The molecular weight excluding hydrogens is 486 g/mol. The number of aromatic nitrogens is 3. The Bertz CT molecular complexity index is 1040. The van der Waals surface area contributed by atoms with Crippen LogP contribution in [-0.2, 0) is 5.75 Å². The van der Waals surface area contributed by atoms with Crippen LogP contribution in [0.25, 0.3) is 0 Å². The quantitative estimate of drug-likeness (QED) is 0.365. The van der Waals surface area contributed by atoms with Crippen LogP contribution in [0.1, 0.15) is 28.7 Å². The Morgan fingerprint density at radius 2 is 2.00 bits per heavy atom. The average molecular weight is 506 g/mol. The molecule has 30 heavy (non-hydrogen) atoms. The summed E-state index contributed by atoms with van der Waals surface area (Å²) in [6.45, 7) is 4.25. The van der Waals surface area contributed by atoms with E-state index >= 15 is 0 Å². The zero-order valence-corrected chi connectivity index (χ0v) is 19.6. The second kappa shape index (κ2) is 10.6. The third kappa shape index (κ3) is 5.80. The zero-order valence-electron chi connectivity index (χ0n) is 16.4. The number of nitrogens with zero attached hydrogens (tertiary/aromatic N) is 3. The molecule has 0 aliphatic carbocycles. The molecule has 0 aliphatic rings. The summed E-state index contributed by atoms with van der Waals surface area (Å²) in [5, 5.41) is 11.7. The topological polar surface area (TPSA) is 81.1 Å². The smallest absolute Gasteiger partial charge is 0.257 e. The van der Waals surface area contributed by atoms with Gasteiger partial charge in [0.05, 0.1) is 11.1 Å². The van der Waals surface area contributed by atoms with Gasteiger partial charge in [-0.3, -0.25) is 15.5 Å². The fraction of sp³-hybridized carbons (Fsp3) is 0.200.